The summed E-state index contributed by atoms with van der Waals surface area (Å²) in [6.45, 7) is 4.37. The highest BCUT2D eigenvalue weighted by molar-refractivity contribution is 7.89. The number of nitrogens with zero attached hydrogens (tertiary/aromatic N) is 1. The zero-order valence-corrected chi connectivity index (χ0v) is 12.8. The van der Waals surface area contributed by atoms with E-state index in [2.05, 4.69) is 0 Å². The topological polar surface area (TPSA) is 37.4 Å². The highest BCUT2D eigenvalue weighted by atomic mass is 35.5. The van der Waals surface area contributed by atoms with Crippen LogP contribution in [0.3, 0.4) is 0 Å². The van der Waals surface area contributed by atoms with Crippen molar-refractivity contribution in [2.75, 3.05) is 24.8 Å². The van der Waals surface area contributed by atoms with Crippen LogP contribution < -0.4 is 0 Å². The maximum atomic E-state index is 12.4. The fourth-order valence-corrected chi connectivity index (χ4v) is 3.70. The van der Waals surface area contributed by atoms with E-state index >= 15 is 0 Å². The molecule has 3 nitrogen and oxygen atoms in total. The van der Waals surface area contributed by atoms with E-state index in [0.29, 0.717) is 4.90 Å². The molecule has 0 bridgehead atoms. The molecule has 0 fully saturated rings. The quantitative estimate of drug-likeness (QED) is 0.758. The Bertz CT molecular complexity index is 497. The first-order valence-corrected chi connectivity index (χ1v) is 8.13. The molecule has 0 aliphatic carbocycles. The van der Waals surface area contributed by atoms with Gasteiger partial charge in [0.15, 0.2) is 0 Å². The third-order valence-corrected chi connectivity index (χ3v) is 5.02. The van der Waals surface area contributed by atoms with Gasteiger partial charge in [0.05, 0.1) is 4.90 Å². The molecule has 0 N–H and O–H groups in total. The lowest BCUT2D eigenvalue weighted by molar-refractivity contribution is 0.448. The van der Waals surface area contributed by atoms with E-state index < -0.39 is 10.0 Å². The van der Waals surface area contributed by atoms with Crippen LogP contribution in [0.25, 0.3) is 0 Å². The molecule has 0 amide bonds. The summed E-state index contributed by atoms with van der Waals surface area (Å²) in [5.41, 5.74) is 2.02. The van der Waals surface area contributed by atoms with E-state index in [-0.39, 0.29) is 24.8 Å². The van der Waals surface area contributed by atoms with Gasteiger partial charge in [0.25, 0.3) is 0 Å². The second-order valence-electron chi connectivity index (χ2n) is 4.03. The van der Waals surface area contributed by atoms with Crippen molar-refractivity contribution in [3.05, 3.63) is 29.3 Å². The summed E-state index contributed by atoms with van der Waals surface area (Å²) in [5, 5.41) is 0. The van der Waals surface area contributed by atoms with Gasteiger partial charge in [0, 0.05) is 24.8 Å². The molecule has 102 valence electrons. The van der Waals surface area contributed by atoms with Crippen LogP contribution in [0.15, 0.2) is 23.1 Å². The molecule has 0 radical (unpaired) electrons. The lowest BCUT2D eigenvalue weighted by Gasteiger charge is -2.20. The van der Waals surface area contributed by atoms with Crippen molar-refractivity contribution in [1.82, 2.24) is 4.31 Å². The van der Waals surface area contributed by atoms with Crippen LogP contribution in [0.1, 0.15) is 11.1 Å². The predicted octanol–water partition coefficient (Wildman–Crippen LogP) is 2.77. The zero-order chi connectivity index (χ0) is 13.8. The van der Waals surface area contributed by atoms with Gasteiger partial charge < -0.3 is 0 Å². The molecule has 18 heavy (non-hydrogen) atoms. The Kier molecular flexibility index (Phi) is 5.92. The number of benzene rings is 1. The minimum Gasteiger partial charge on any atom is -0.207 e. The van der Waals surface area contributed by atoms with E-state index in [4.69, 9.17) is 23.2 Å². The highest BCUT2D eigenvalue weighted by Crippen LogP contribution is 2.19. The van der Waals surface area contributed by atoms with Crippen LogP contribution in [0.4, 0.5) is 0 Å². The molecular formula is C12H17Cl2NO2S. The lowest BCUT2D eigenvalue weighted by atomic mass is 10.1. The van der Waals surface area contributed by atoms with Gasteiger partial charge in [-0.2, -0.15) is 4.31 Å². The number of hydrogen-bond donors (Lipinski definition) is 0. The average Bonchev–Trinajstić information content (AvgIpc) is 2.32. The maximum Gasteiger partial charge on any atom is 0.243 e. The van der Waals surface area contributed by atoms with E-state index in [0.717, 1.165) is 11.1 Å². The van der Waals surface area contributed by atoms with E-state index in [1.54, 1.807) is 12.1 Å². The minimum atomic E-state index is -3.50. The average molecular weight is 310 g/mol. The van der Waals surface area contributed by atoms with Gasteiger partial charge in [-0.1, -0.05) is 6.07 Å². The highest BCUT2D eigenvalue weighted by Gasteiger charge is 2.23. The van der Waals surface area contributed by atoms with Crippen LogP contribution in [0.2, 0.25) is 0 Å². The molecular weight excluding hydrogens is 293 g/mol. The van der Waals surface area contributed by atoms with Crippen LogP contribution in [0.5, 0.6) is 0 Å². The molecule has 0 atom stereocenters. The number of alkyl halides is 2. The summed E-state index contributed by atoms with van der Waals surface area (Å²) in [6.07, 6.45) is 0. The third kappa shape index (κ3) is 3.60. The Balaban J connectivity index is 3.13. The van der Waals surface area contributed by atoms with Gasteiger partial charge in [-0.3, -0.25) is 0 Å². The second kappa shape index (κ2) is 6.75. The van der Waals surface area contributed by atoms with Crippen molar-refractivity contribution in [3.8, 4) is 0 Å². The number of rotatable bonds is 6. The van der Waals surface area contributed by atoms with Crippen molar-refractivity contribution < 1.29 is 8.42 Å². The van der Waals surface area contributed by atoms with Gasteiger partial charge in [0.2, 0.25) is 10.0 Å². The summed E-state index contributed by atoms with van der Waals surface area (Å²) in [7, 11) is -3.50. The molecule has 1 aromatic carbocycles. The lowest BCUT2D eigenvalue weighted by Crippen LogP contribution is -2.34. The summed E-state index contributed by atoms with van der Waals surface area (Å²) in [6, 6.07) is 5.11. The molecule has 0 aromatic heterocycles. The SMILES string of the molecule is Cc1ccc(S(=O)(=O)N(CCCl)CCCl)cc1C. The predicted molar refractivity (Wildman–Crippen MR) is 76.1 cm³/mol. The minimum absolute atomic E-state index is 0.251. The van der Waals surface area contributed by atoms with Crippen molar-refractivity contribution in [3.63, 3.8) is 0 Å². The maximum absolute atomic E-state index is 12.4. The number of sulfonamides is 1. The molecule has 0 aliphatic rings. The van der Waals surface area contributed by atoms with Gasteiger partial charge in [-0.25, -0.2) is 8.42 Å². The van der Waals surface area contributed by atoms with Gasteiger partial charge in [0.1, 0.15) is 0 Å². The second-order valence-corrected chi connectivity index (χ2v) is 6.72. The first-order chi connectivity index (χ1) is 8.43. The van der Waals surface area contributed by atoms with Crippen molar-refractivity contribution >= 4 is 33.2 Å². The van der Waals surface area contributed by atoms with Gasteiger partial charge >= 0.3 is 0 Å². The van der Waals surface area contributed by atoms with Crippen LogP contribution in [0, 0.1) is 13.8 Å². The molecule has 0 aliphatic heterocycles. The Morgan fingerprint density at radius 3 is 2.06 bits per heavy atom. The standard InChI is InChI=1S/C12H17Cl2NO2S/c1-10-3-4-12(9-11(10)2)18(16,17)15(7-5-13)8-6-14/h3-4,9H,5-8H2,1-2H3. The van der Waals surface area contributed by atoms with Crippen molar-refractivity contribution in [1.29, 1.82) is 0 Å². The first kappa shape index (κ1) is 15.8. The van der Waals surface area contributed by atoms with E-state index in [1.165, 1.54) is 4.31 Å². The molecule has 1 aromatic rings. The van der Waals surface area contributed by atoms with Crippen molar-refractivity contribution in [2.45, 2.75) is 18.7 Å². The van der Waals surface area contributed by atoms with Gasteiger partial charge in [-0.15, -0.1) is 23.2 Å². The molecule has 6 heteroatoms. The third-order valence-electron chi connectivity index (χ3n) is 2.78. The molecule has 0 spiro atoms. The summed E-state index contributed by atoms with van der Waals surface area (Å²) >= 11 is 11.3. The molecule has 1 rings (SSSR count). The molecule has 0 saturated heterocycles. The summed E-state index contributed by atoms with van der Waals surface area (Å²) < 4.78 is 26.1. The van der Waals surface area contributed by atoms with Crippen LogP contribution >= 0.6 is 23.2 Å². The smallest absolute Gasteiger partial charge is 0.207 e. The Morgan fingerprint density at radius 2 is 1.61 bits per heavy atom. The zero-order valence-electron chi connectivity index (χ0n) is 10.5. The Morgan fingerprint density at radius 1 is 1.06 bits per heavy atom. The summed E-state index contributed by atoms with van der Waals surface area (Å²) in [4.78, 5) is 0.292. The van der Waals surface area contributed by atoms with E-state index in [9.17, 15) is 8.42 Å². The molecule has 0 unspecified atom stereocenters. The Hall–Kier alpha value is -0.290. The van der Waals surface area contributed by atoms with E-state index in [1.807, 2.05) is 19.9 Å². The monoisotopic (exact) mass is 309 g/mol. The summed E-state index contributed by atoms with van der Waals surface area (Å²) in [5.74, 6) is 0.502. The van der Waals surface area contributed by atoms with Gasteiger partial charge in [-0.05, 0) is 37.1 Å². The van der Waals surface area contributed by atoms with Crippen LogP contribution in [-0.4, -0.2) is 37.6 Å². The largest absolute Gasteiger partial charge is 0.243 e. The first-order valence-electron chi connectivity index (χ1n) is 5.63. The van der Waals surface area contributed by atoms with Crippen molar-refractivity contribution in [2.24, 2.45) is 0 Å². The number of aryl methyl sites for hydroxylation is 2. The van der Waals surface area contributed by atoms with Crippen LogP contribution in [-0.2, 0) is 10.0 Å². The molecule has 0 saturated carbocycles. The number of halogens is 2. The molecule has 0 heterocycles. The fraction of sp³-hybridized carbons (Fsp3) is 0.500. The normalized spacial score (nSPS) is 12.1. The Labute approximate surface area is 119 Å². The fourth-order valence-electron chi connectivity index (χ4n) is 1.56. The number of hydrogen-bond acceptors (Lipinski definition) is 2.